The first-order chi connectivity index (χ1) is 22.9. The summed E-state index contributed by atoms with van der Waals surface area (Å²) in [6.07, 6.45) is 3.95. The fourth-order valence-electron chi connectivity index (χ4n) is 6.14. The monoisotopic (exact) mass is 671 g/mol. The Morgan fingerprint density at radius 3 is 2.42 bits per heavy atom. The van der Waals surface area contributed by atoms with Crippen molar-refractivity contribution in [2.75, 3.05) is 42.5 Å². The highest BCUT2D eigenvalue weighted by atomic mass is 32.2. The molecule has 4 heterocycles. The SMILES string of the molecule is Cc1cccc(C)c1-c1cc2nc(n1)NS(=O)(=O)c1cccc(c1)C(=O)N(Cc1cncc(N3CCOCC3)n1)[C@H](CC(C)(C)C)CO2. The number of carbonyl (C=O) groups is 1. The van der Waals surface area contributed by atoms with Gasteiger partial charge in [-0.25, -0.2) is 23.1 Å². The van der Waals surface area contributed by atoms with E-state index >= 15 is 0 Å². The van der Waals surface area contributed by atoms with Gasteiger partial charge >= 0.3 is 0 Å². The summed E-state index contributed by atoms with van der Waals surface area (Å²) in [4.78, 5) is 36.6. The Morgan fingerprint density at radius 1 is 0.958 bits per heavy atom. The Morgan fingerprint density at radius 2 is 1.69 bits per heavy atom. The van der Waals surface area contributed by atoms with Gasteiger partial charge in [0.2, 0.25) is 11.8 Å². The molecule has 1 N–H and O–H groups in total. The standard InChI is InChI=1S/C35H41N7O5S/c1-23-8-6-9-24(2)32(23)29-17-31-39-34(38-29)40-48(44,45)28-11-7-10-25(16-28)33(43)42(27(22-47-31)18-35(3,4)5)21-26-19-36-20-30(37-26)41-12-14-46-15-13-41/h6-11,16-17,19-20,27H,12-15,18,21-22H2,1-5H3,(H,38,39,40)/t27-/m1/s1. The topological polar surface area (TPSA) is 140 Å². The minimum atomic E-state index is -4.18. The van der Waals surface area contributed by atoms with Crippen molar-refractivity contribution in [1.29, 1.82) is 0 Å². The van der Waals surface area contributed by atoms with Crippen LogP contribution in [0.25, 0.3) is 11.3 Å². The summed E-state index contributed by atoms with van der Waals surface area (Å²) in [5.41, 5.74) is 3.95. The van der Waals surface area contributed by atoms with Crippen molar-refractivity contribution in [3.63, 3.8) is 0 Å². The molecular formula is C35H41N7O5S. The van der Waals surface area contributed by atoms with Crippen molar-refractivity contribution in [3.05, 3.63) is 83.3 Å². The molecule has 0 spiro atoms. The lowest BCUT2D eigenvalue weighted by Gasteiger charge is -2.35. The maximum Gasteiger partial charge on any atom is 0.264 e. The lowest BCUT2D eigenvalue weighted by Crippen LogP contribution is -2.45. The van der Waals surface area contributed by atoms with E-state index in [4.69, 9.17) is 14.5 Å². The zero-order chi connectivity index (χ0) is 34.1. The van der Waals surface area contributed by atoms with Crippen LogP contribution in [0.5, 0.6) is 5.88 Å². The molecule has 13 heteroatoms. The Bertz CT molecular complexity index is 1900. The number of nitrogens with zero attached hydrogens (tertiary/aromatic N) is 6. The van der Waals surface area contributed by atoms with Crippen molar-refractivity contribution >= 4 is 27.7 Å². The number of rotatable bonds is 5. The lowest BCUT2D eigenvalue weighted by atomic mass is 9.87. The van der Waals surface area contributed by atoms with Crippen LogP contribution in [0.1, 0.15) is 54.4 Å². The van der Waals surface area contributed by atoms with Crippen LogP contribution in [0, 0.1) is 19.3 Å². The minimum absolute atomic E-state index is 0.0856. The molecule has 1 saturated heterocycles. The maximum absolute atomic E-state index is 14.5. The van der Waals surface area contributed by atoms with Gasteiger partial charge in [-0.05, 0) is 55.0 Å². The quantitative estimate of drug-likeness (QED) is 0.307. The van der Waals surface area contributed by atoms with Crippen LogP contribution in [0.2, 0.25) is 0 Å². The number of fused-ring (bicyclic) bond motifs is 4. The third kappa shape index (κ3) is 7.57. The number of nitrogens with one attached hydrogen (secondary N) is 1. The molecule has 2 aliphatic rings. The fourth-order valence-corrected chi connectivity index (χ4v) is 7.13. The average Bonchev–Trinajstić information content (AvgIpc) is 3.05. The van der Waals surface area contributed by atoms with E-state index in [9.17, 15) is 13.2 Å². The van der Waals surface area contributed by atoms with E-state index in [1.54, 1.807) is 35.5 Å². The van der Waals surface area contributed by atoms with Gasteiger partial charge in [-0.3, -0.25) is 9.78 Å². The molecule has 0 aliphatic carbocycles. The maximum atomic E-state index is 14.5. The van der Waals surface area contributed by atoms with Crippen LogP contribution in [-0.4, -0.2) is 78.1 Å². The Hall–Kier alpha value is -4.62. The smallest absolute Gasteiger partial charge is 0.264 e. The number of aromatic nitrogens is 4. The molecule has 48 heavy (non-hydrogen) atoms. The van der Waals surface area contributed by atoms with Gasteiger partial charge < -0.3 is 19.3 Å². The number of morpholine rings is 1. The third-order valence-corrected chi connectivity index (χ3v) is 9.70. The molecule has 12 nitrogen and oxygen atoms in total. The van der Waals surface area contributed by atoms with E-state index in [0.29, 0.717) is 49.9 Å². The van der Waals surface area contributed by atoms with Gasteiger partial charge in [-0.15, -0.1) is 0 Å². The molecule has 1 atom stereocenters. The summed E-state index contributed by atoms with van der Waals surface area (Å²) < 4.78 is 41.8. The molecular weight excluding hydrogens is 630 g/mol. The van der Waals surface area contributed by atoms with Crippen molar-refractivity contribution in [1.82, 2.24) is 24.8 Å². The van der Waals surface area contributed by atoms with E-state index in [0.717, 1.165) is 16.7 Å². The number of anilines is 2. The minimum Gasteiger partial charge on any atom is -0.475 e. The first-order valence-electron chi connectivity index (χ1n) is 16.0. The van der Waals surface area contributed by atoms with Crippen LogP contribution in [0.3, 0.4) is 0 Å². The normalized spacial score (nSPS) is 18.2. The number of amides is 1. The van der Waals surface area contributed by atoms with Crippen LogP contribution >= 0.6 is 0 Å². The molecule has 4 bridgehead atoms. The van der Waals surface area contributed by atoms with Crippen molar-refractivity contribution in [2.24, 2.45) is 5.41 Å². The molecule has 1 amide bonds. The van der Waals surface area contributed by atoms with Crippen molar-refractivity contribution < 1.29 is 22.7 Å². The first-order valence-corrected chi connectivity index (χ1v) is 17.5. The van der Waals surface area contributed by atoms with E-state index in [2.05, 4.69) is 45.3 Å². The summed E-state index contributed by atoms with van der Waals surface area (Å²) in [6.45, 7) is 13.1. The Labute approximate surface area is 281 Å². The molecule has 0 radical (unpaired) electrons. The summed E-state index contributed by atoms with van der Waals surface area (Å²) >= 11 is 0. The van der Waals surface area contributed by atoms with Gasteiger partial charge in [0.15, 0.2) is 0 Å². The number of benzene rings is 2. The molecule has 2 aromatic heterocycles. The summed E-state index contributed by atoms with van der Waals surface area (Å²) in [5, 5.41) is 0. The van der Waals surface area contributed by atoms with Gasteiger partial charge in [0.05, 0.1) is 54.5 Å². The zero-order valence-corrected chi connectivity index (χ0v) is 28.7. The summed E-state index contributed by atoms with van der Waals surface area (Å²) in [5.74, 6) is 0.424. The second kappa shape index (κ2) is 13.5. The molecule has 1 fully saturated rings. The predicted molar refractivity (Wildman–Crippen MR) is 182 cm³/mol. The Balaban J connectivity index is 1.46. The highest BCUT2D eigenvalue weighted by molar-refractivity contribution is 7.92. The Kier molecular flexibility index (Phi) is 9.35. The average molecular weight is 672 g/mol. The van der Waals surface area contributed by atoms with E-state index in [-0.39, 0.29) is 46.8 Å². The summed E-state index contributed by atoms with van der Waals surface area (Å²) in [7, 11) is -4.18. The predicted octanol–water partition coefficient (Wildman–Crippen LogP) is 5.03. The number of hydrogen-bond donors (Lipinski definition) is 1. The van der Waals surface area contributed by atoms with Crippen LogP contribution in [0.15, 0.2) is 65.8 Å². The third-order valence-electron chi connectivity index (χ3n) is 8.37. The van der Waals surface area contributed by atoms with Gasteiger partial charge in [-0.2, -0.15) is 4.98 Å². The van der Waals surface area contributed by atoms with Crippen molar-refractivity contribution in [2.45, 2.75) is 58.5 Å². The molecule has 6 rings (SSSR count). The van der Waals surface area contributed by atoms with E-state index in [1.165, 1.54) is 12.1 Å². The van der Waals surface area contributed by atoms with Gasteiger partial charge in [0, 0.05) is 30.3 Å². The fraction of sp³-hybridized carbons (Fsp3) is 0.400. The van der Waals surface area contributed by atoms with E-state index < -0.39 is 16.1 Å². The van der Waals surface area contributed by atoms with E-state index in [1.807, 2.05) is 32.0 Å². The van der Waals surface area contributed by atoms with Gasteiger partial charge in [0.1, 0.15) is 12.4 Å². The molecule has 0 saturated carbocycles. The highest BCUT2D eigenvalue weighted by Crippen LogP contribution is 2.32. The number of aryl methyl sites for hydroxylation is 2. The number of hydrogen-bond acceptors (Lipinski definition) is 10. The molecule has 4 aromatic rings. The van der Waals surface area contributed by atoms with Crippen LogP contribution in [-0.2, 0) is 21.3 Å². The highest BCUT2D eigenvalue weighted by Gasteiger charge is 2.32. The van der Waals surface area contributed by atoms with Crippen LogP contribution in [0.4, 0.5) is 11.8 Å². The second-order valence-electron chi connectivity index (χ2n) is 13.4. The van der Waals surface area contributed by atoms with Crippen molar-refractivity contribution in [3.8, 4) is 17.1 Å². The number of carbonyl (C=O) groups excluding carboxylic acids is 1. The number of ether oxygens (including phenoxy) is 2. The lowest BCUT2D eigenvalue weighted by molar-refractivity contribution is 0.0509. The molecule has 0 unspecified atom stereocenters. The van der Waals surface area contributed by atoms with Crippen LogP contribution < -0.4 is 14.4 Å². The largest absolute Gasteiger partial charge is 0.475 e. The van der Waals surface area contributed by atoms with Gasteiger partial charge in [0.25, 0.3) is 15.9 Å². The first kappa shape index (κ1) is 33.3. The zero-order valence-electron chi connectivity index (χ0n) is 27.9. The van der Waals surface area contributed by atoms with Gasteiger partial charge in [-0.1, -0.05) is 45.0 Å². The molecule has 2 aliphatic heterocycles. The second-order valence-corrected chi connectivity index (χ2v) is 15.1. The molecule has 252 valence electrons. The number of sulfonamides is 1. The molecule has 2 aromatic carbocycles. The summed E-state index contributed by atoms with van der Waals surface area (Å²) in [6, 6.07) is 13.2.